The number of hydrogen-bond donors (Lipinski definition) is 2. The summed E-state index contributed by atoms with van der Waals surface area (Å²) in [5.41, 5.74) is 2.09. The molecular formula is C24H24N4O4S2. The fraction of sp³-hybridized carbons (Fsp3) is 0.250. The third-order valence-corrected chi connectivity index (χ3v) is 6.89. The van der Waals surface area contributed by atoms with Gasteiger partial charge in [-0.2, -0.15) is 5.26 Å². The molecule has 2 N–H and O–H groups in total. The highest BCUT2D eigenvalue weighted by atomic mass is 32.2. The van der Waals surface area contributed by atoms with Crippen LogP contribution in [0.15, 0.2) is 53.9 Å². The van der Waals surface area contributed by atoms with Crippen molar-refractivity contribution in [3.8, 4) is 28.1 Å². The first-order valence-corrected chi connectivity index (χ1v) is 12.2. The maximum absolute atomic E-state index is 12.7. The number of hydrogen-bond acceptors (Lipinski definition) is 8. The third kappa shape index (κ3) is 6.97. The third-order valence-electron chi connectivity index (χ3n) is 4.71. The molecule has 0 aliphatic heterocycles. The number of thiazole rings is 1. The number of nitrogens with zero attached hydrogens (tertiary/aromatic N) is 2. The van der Waals surface area contributed by atoms with Gasteiger partial charge in [0.1, 0.15) is 34.0 Å². The van der Waals surface area contributed by atoms with Gasteiger partial charge in [0, 0.05) is 29.3 Å². The lowest BCUT2D eigenvalue weighted by molar-refractivity contribution is -0.120. The van der Waals surface area contributed by atoms with Gasteiger partial charge in [0.2, 0.25) is 5.91 Å². The topological polar surface area (TPSA) is 113 Å². The maximum Gasteiger partial charge on any atom is 0.270 e. The van der Waals surface area contributed by atoms with E-state index in [0.717, 1.165) is 11.1 Å². The smallest absolute Gasteiger partial charge is 0.270 e. The van der Waals surface area contributed by atoms with Crippen LogP contribution in [-0.4, -0.2) is 49.4 Å². The predicted octanol–water partition coefficient (Wildman–Crippen LogP) is 3.50. The number of aromatic nitrogens is 1. The van der Waals surface area contributed by atoms with E-state index < -0.39 is 5.25 Å². The molecule has 0 saturated carbocycles. The molecule has 0 spiro atoms. The highest BCUT2D eigenvalue weighted by Crippen LogP contribution is 2.31. The van der Waals surface area contributed by atoms with Gasteiger partial charge in [0.15, 0.2) is 0 Å². The number of ether oxygens (including phenoxy) is 2. The Balaban J connectivity index is 1.66. The van der Waals surface area contributed by atoms with Crippen molar-refractivity contribution in [2.75, 3.05) is 27.3 Å². The van der Waals surface area contributed by atoms with Gasteiger partial charge < -0.3 is 20.1 Å². The number of amides is 2. The zero-order chi connectivity index (χ0) is 24.3. The highest BCUT2D eigenvalue weighted by molar-refractivity contribution is 7.99. The number of carbonyl (C=O) groups is 2. The quantitative estimate of drug-likeness (QED) is 0.391. The van der Waals surface area contributed by atoms with E-state index in [9.17, 15) is 9.59 Å². The second kappa shape index (κ2) is 12.6. The molecule has 1 atom stereocenters. The molecule has 176 valence electrons. The van der Waals surface area contributed by atoms with Crippen LogP contribution in [-0.2, 0) is 10.5 Å². The first-order valence-electron chi connectivity index (χ1n) is 10.3. The molecule has 0 aliphatic carbocycles. The summed E-state index contributed by atoms with van der Waals surface area (Å²) in [6.07, 6.45) is 0. The average Bonchev–Trinajstić information content (AvgIpc) is 3.38. The minimum Gasteiger partial charge on any atom is -0.497 e. The summed E-state index contributed by atoms with van der Waals surface area (Å²) in [4.78, 5) is 29.7. The molecule has 0 saturated heterocycles. The number of nitriles is 1. The van der Waals surface area contributed by atoms with Crippen LogP contribution in [0.1, 0.15) is 16.1 Å². The molecule has 0 radical (unpaired) electrons. The Morgan fingerprint density at radius 1 is 1.12 bits per heavy atom. The van der Waals surface area contributed by atoms with Crippen LogP contribution in [0.4, 0.5) is 0 Å². The Morgan fingerprint density at radius 3 is 2.47 bits per heavy atom. The molecule has 1 heterocycles. The lowest BCUT2D eigenvalue weighted by atomic mass is 10.2. The van der Waals surface area contributed by atoms with Crippen molar-refractivity contribution < 1.29 is 19.1 Å². The highest BCUT2D eigenvalue weighted by Gasteiger charge is 2.21. The van der Waals surface area contributed by atoms with E-state index in [-0.39, 0.29) is 30.6 Å². The van der Waals surface area contributed by atoms with Gasteiger partial charge in [-0.25, -0.2) is 4.98 Å². The molecule has 1 aromatic heterocycles. The predicted molar refractivity (Wildman–Crippen MR) is 133 cm³/mol. The number of benzene rings is 2. The fourth-order valence-electron chi connectivity index (χ4n) is 2.96. The summed E-state index contributed by atoms with van der Waals surface area (Å²) in [7, 11) is 3.14. The Labute approximate surface area is 206 Å². The van der Waals surface area contributed by atoms with E-state index in [4.69, 9.17) is 14.7 Å². The summed E-state index contributed by atoms with van der Waals surface area (Å²) in [5.74, 6) is 1.16. The maximum atomic E-state index is 12.7. The Bertz CT molecular complexity index is 1140. The Hall–Kier alpha value is -3.55. The lowest BCUT2D eigenvalue weighted by Crippen LogP contribution is -2.41. The average molecular weight is 497 g/mol. The van der Waals surface area contributed by atoms with Gasteiger partial charge in [-0.1, -0.05) is 30.3 Å². The molecule has 3 rings (SSSR count). The van der Waals surface area contributed by atoms with Gasteiger partial charge in [-0.15, -0.1) is 23.1 Å². The zero-order valence-corrected chi connectivity index (χ0v) is 20.4. The van der Waals surface area contributed by atoms with E-state index in [1.54, 1.807) is 25.7 Å². The van der Waals surface area contributed by atoms with Crippen molar-refractivity contribution in [1.29, 1.82) is 5.26 Å². The van der Waals surface area contributed by atoms with Crippen molar-refractivity contribution in [3.05, 3.63) is 65.2 Å². The van der Waals surface area contributed by atoms with Crippen LogP contribution in [0, 0.1) is 11.3 Å². The molecule has 8 nitrogen and oxygen atoms in total. The monoisotopic (exact) mass is 496 g/mol. The van der Waals surface area contributed by atoms with Crippen LogP contribution in [0.3, 0.4) is 0 Å². The van der Waals surface area contributed by atoms with E-state index in [2.05, 4.69) is 15.6 Å². The van der Waals surface area contributed by atoms with Crippen molar-refractivity contribution in [3.63, 3.8) is 0 Å². The van der Waals surface area contributed by atoms with Gasteiger partial charge in [0.25, 0.3) is 5.91 Å². The Kier molecular flexibility index (Phi) is 9.31. The number of methoxy groups -OCH3 is 2. The SMILES string of the molecule is COc1cc(OC)cc(-c2nc(C(=O)NCC(SCc3ccccc3)C(=O)NCC#N)cs2)c1. The first kappa shape index (κ1) is 25.1. The minimum atomic E-state index is -0.557. The summed E-state index contributed by atoms with van der Waals surface area (Å²) >= 11 is 2.72. The summed E-state index contributed by atoms with van der Waals surface area (Å²) < 4.78 is 10.6. The number of nitrogens with one attached hydrogen (secondary N) is 2. The fourth-order valence-corrected chi connectivity index (χ4v) is 4.77. The minimum absolute atomic E-state index is 0.0887. The molecular weight excluding hydrogens is 472 g/mol. The summed E-state index contributed by atoms with van der Waals surface area (Å²) in [6.45, 7) is 0.0159. The second-order valence-corrected chi connectivity index (χ2v) is 9.06. The zero-order valence-electron chi connectivity index (χ0n) is 18.7. The Morgan fingerprint density at radius 2 is 1.82 bits per heavy atom. The van der Waals surface area contributed by atoms with E-state index in [0.29, 0.717) is 22.3 Å². The molecule has 3 aromatic rings. The summed E-state index contributed by atoms with van der Waals surface area (Å²) in [5, 5.41) is 15.9. The van der Waals surface area contributed by atoms with Crippen molar-refractivity contribution >= 4 is 34.9 Å². The normalized spacial score (nSPS) is 11.2. The van der Waals surface area contributed by atoms with Gasteiger partial charge in [-0.3, -0.25) is 9.59 Å². The molecule has 0 aliphatic rings. The van der Waals surface area contributed by atoms with Crippen LogP contribution in [0.2, 0.25) is 0 Å². The first-order chi connectivity index (χ1) is 16.5. The second-order valence-electron chi connectivity index (χ2n) is 7.01. The summed E-state index contributed by atoms with van der Waals surface area (Å²) in [6, 6.07) is 17.0. The molecule has 1 unspecified atom stereocenters. The largest absolute Gasteiger partial charge is 0.497 e. The lowest BCUT2D eigenvalue weighted by Gasteiger charge is -2.16. The van der Waals surface area contributed by atoms with E-state index in [1.165, 1.54) is 23.1 Å². The van der Waals surface area contributed by atoms with Gasteiger partial charge in [-0.05, 0) is 17.7 Å². The van der Waals surface area contributed by atoms with Crippen LogP contribution < -0.4 is 20.1 Å². The molecule has 10 heteroatoms. The van der Waals surface area contributed by atoms with E-state index >= 15 is 0 Å². The van der Waals surface area contributed by atoms with E-state index in [1.807, 2.05) is 48.5 Å². The van der Waals surface area contributed by atoms with Gasteiger partial charge >= 0.3 is 0 Å². The molecule has 0 fully saturated rings. The number of rotatable bonds is 11. The van der Waals surface area contributed by atoms with Crippen LogP contribution in [0.25, 0.3) is 10.6 Å². The molecule has 2 amide bonds. The molecule has 2 aromatic carbocycles. The van der Waals surface area contributed by atoms with Crippen molar-refractivity contribution in [2.24, 2.45) is 0 Å². The molecule has 34 heavy (non-hydrogen) atoms. The number of thioether (sulfide) groups is 1. The van der Waals surface area contributed by atoms with Gasteiger partial charge in [0.05, 0.1) is 20.3 Å². The number of carbonyl (C=O) groups excluding carboxylic acids is 2. The van der Waals surface area contributed by atoms with Crippen LogP contribution >= 0.6 is 23.1 Å². The van der Waals surface area contributed by atoms with Crippen molar-refractivity contribution in [1.82, 2.24) is 15.6 Å². The van der Waals surface area contributed by atoms with Crippen molar-refractivity contribution in [2.45, 2.75) is 11.0 Å². The standard InChI is InChI=1S/C24H24N4O4S2/c1-31-18-10-17(11-19(12-18)32-2)24-28-20(15-34-24)22(29)27-13-21(23(30)26-9-8-25)33-14-16-6-4-3-5-7-16/h3-7,10-12,15,21H,9,13-14H2,1-2H3,(H,26,30)(H,27,29). The van der Waals surface area contributed by atoms with Crippen LogP contribution in [0.5, 0.6) is 11.5 Å². The molecule has 0 bridgehead atoms.